The number of hydrogen-bond acceptors (Lipinski definition) is 8. The minimum Gasteiger partial charge on any atom is -0.480 e. The number of ketones is 1. The first-order valence-electron chi connectivity index (χ1n) is 6.53. The van der Waals surface area contributed by atoms with Gasteiger partial charge in [0.05, 0.1) is 12.7 Å². The van der Waals surface area contributed by atoms with E-state index in [9.17, 15) is 24.9 Å². The van der Waals surface area contributed by atoms with Gasteiger partial charge in [-0.3, -0.25) is 9.59 Å². The van der Waals surface area contributed by atoms with Crippen molar-refractivity contribution >= 4 is 11.8 Å². The fourth-order valence-electron chi connectivity index (χ4n) is 1.61. The van der Waals surface area contributed by atoms with E-state index in [4.69, 9.17) is 21.1 Å². The van der Waals surface area contributed by atoms with Crippen molar-refractivity contribution < 1.29 is 40.2 Å². The number of carbonyl (C=O) groups is 2. The van der Waals surface area contributed by atoms with Gasteiger partial charge in [0.15, 0.2) is 0 Å². The van der Waals surface area contributed by atoms with E-state index in [-0.39, 0.29) is 31.5 Å². The van der Waals surface area contributed by atoms with Gasteiger partial charge in [0.2, 0.25) is 0 Å². The molecule has 1 unspecified atom stereocenters. The summed E-state index contributed by atoms with van der Waals surface area (Å²) in [7, 11) is 0. The first-order chi connectivity index (χ1) is 9.70. The highest BCUT2D eigenvalue weighted by atomic mass is 16.4. The van der Waals surface area contributed by atoms with E-state index >= 15 is 0 Å². The normalized spacial score (nSPS) is 18.6. The van der Waals surface area contributed by atoms with Gasteiger partial charge in [-0.15, -0.1) is 0 Å². The number of aliphatic hydroxyl groups is 5. The van der Waals surface area contributed by atoms with Gasteiger partial charge in [-0.05, 0) is 12.8 Å². The molecule has 0 amide bonds. The van der Waals surface area contributed by atoms with Crippen molar-refractivity contribution in [1.29, 1.82) is 0 Å². The van der Waals surface area contributed by atoms with Crippen molar-refractivity contribution in [3.63, 3.8) is 0 Å². The molecule has 0 rings (SSSR count). The van der Waals surface area contributed by atoms with Crippen LogP contribution in [0.15, 0.2) is 0 Å². The van der Waals surface area contributed by atoms with Gasteiger partial charge < -0.3 is 36.4 Å². The number of carboxylic acids is 1. The molecule has 0 aromatic rings. The molecule has 0 aliphatic rings. The van der Waals surface area contributed by atoms with Crippen LogP contribution in [0.3, 0.4) is 0 Å². The number of aliphatic carboxylic acids is 1. The lowest BCUT2D eigenvalue weighted by Crippen LogP contribution is -2.45. The Labute approximate surface area is 121 Å². The molecule has 0 aliphatic heterocycles. The van der Waals surface area contributed by atoms with Crippen LogP contribution in [0.4, 0.5) is 0 Å². The molecule has 0 saturated carbocycles. The van der Waals surface area contributed by atoms with E-state index in [0.717, 1.165) is 0 Å². The molecule has 21 heavy (non-hydrogen) atoms. The summed E-state index contributed by atoms with van der Waals surface area (Å²) < 4.78 is 0. The first kappa shape index (κ1) is 19.9. The second kappa shape index (κ2) is 9.77. The number of Topliss-reactive ketones (excluding diaryl/α,β-unsaturated/α-hetero) is 1. The number of rotatable bonds is 11. The third-order valence-electron chi connectivity index (χ3n) is 3.10. The summed E-state index contributed by atoms with van der Waals surface area (Å²) in [6.45, 7) is -0.781. The lowest BCUT2D eigenvalue weighted by atomic mass is 9.97. The van der Waals surface area contributed by atoms with Crippen LogP contribution < -0.4 is 5.73 Å². The Kier molecular flexibility index (Phi) is 9.26. The summed E-state index contributed by atoms with van der Waals surface area (Å²) in [6, 6.07) is -1.13. The summed E-state index contributed by atoms with van der Waals surface area (Å²) in [5.74, 6) is -1.55. The Morgan fingerprint density at radius 3 is 1.86 bits per heavy atom. The zero-order valence-corrected chi connectivity index (χ0v) is 11.5. The fourth-order valence-corrected chi connectivity index (χ4v) is 1.61. The van der Waals surface area contributed by atoms with Crippen LogP contribution in [0, 0.1) is 0 Å². The standard InChI is InChI=1S/C12H23NO8/c13-7(12(20)21)3-1-6(15)2-4-8(16)10(18)11(19)9(17)5-14/h7-11,14,16-19H,1-5,13H2,(H,20,21)/t7?,8-,9+,10+,11+/m0/s1. The highest BCUT2D eigenvalue weighted by molar-refractivity contribution is 5.80. The molecule has 0 radical (unpaired) electrons. The smallest absolute Gasteiger partial charge is 0.320 e. The Morgan fingerprint density at radius 1 is 0.905 bits per heavy atom. The van der Waals surface area contributed by atoms with Crippen LogP contribution in [0.25, 0.3) is 0 Å². The second-order valence-electron chi connectivity index (χ2n) is 4.86. The van der Waals surface area contributed by atoms with Crippen LogP contribution in [0.5, 0.6) is 0 Å². The molecule has 0 aliphatic carbocycles. The zero-order valence-electron chi connectivity index (χ0n) is 11.5. The molecule has 0 fully saturated rings. The van der Waals surface area contributed by atoms with Gasteiger partial charge in [0, 0.05) is 12.8 Å². The summed E-state index contributed by atoms with van der Waals surface area (Å²) >= 11 is 0. The largest absolute Gasteiger partial charge is 0.480 e. The third kappa shape index (κ3) is 7.46. The molecule has 8 N–H and O–H groups in total. The van der Waals surface area contributed by atoms with Gasteiger partial charge in [0.1, 0.15) is 30.1 Å². The van der Waals surface area contributed by atoms with Crippen molar-refractivity contribution in [1.82, 2.24) is 0 Å². The van der Waals surface area contributed by atoms with Crippen molar-refractivity contribution in [3.8, 4) is 0 Å². The molecule has 5 atom stereocenters. The Hall–Kier alpha value is -1.10. The predicted molar refractivity (Wildman–Crippen MR) is 70.2 cm³/mol. The minimum atomic E-state index is -1.74. The number of hydrogen-bond donors (Lipinski definition) is 7. The molecule has 0 bridgehead atoms. The molecule has 0 aromatic heterocycles. The highest BCUT2D eigenvalue weighted by Crippen LogP contribution is 2.11. The maximum absolute atomic E-state index is 11.5. The predicted octanol–water partition coefficient (Wildman–Crippen LogP) is -3.04. The summed E-state index contributed by atoms with van der Waals surface area (Å²) in [6.07, 6.45) is -6.90. The van der Waals surface area contributed by atoms with Crippen molar-refractivity contribution in [3.05, 3.63) is 0 Å². The first-order valence-corrected chi connectivity index (χ1v) is 6.53. The molecular weight excluding hydrogens is 286 g/mol. The zero-order chi connectivity index (χ0) is 16.6. The van der Waals surface area contributed by atoms with Gasteiger partial charge >= 0.3 is 5.97 Å². The molecule has 9 nitrogen and oxygen atoms in total. The Balaban J connectivity index is 4.09. The molecule has 0 spiro atoms. The summed E-state index contributed by atoms with van der Waals surface area (Å²) in [5.41, 5.74) is 5.23. The van der Waals surface area contributed by atoms with Crippen LogP contribution >= 0.6 is 0 Å². The highest BCUT2D eigenvalue weighted by Gasteiger charge is 2.30. The minimum absolute atomic E-state index is 0.0291. The molecule has 0 saturated heterocycles. The molecular formula is C12H23NO8. The van der Waals surface area contributed by atoms with Crippen molar-refractivity contribution in [2.45, 2.75) is 56.1 Å². The van der Waals surface area contributed by atoms with Gasteiger partial charge in [-0.25, -0.2) is 0 Å². The topological polar surface area (TPSA) is 182 Å². The number of nitrogens with two attached hydrogens (primary N) is 1. The van der Waals surface area contributed by atoms with Crippen molar-refractivity contribution in [2.75, 3.05) is 6.61 Å². The fraction of sp³-hybridized carbons (Fsp3) is 0.833. The summed E-state index contributed by atoms with van der Waals surface area (Å²) in [5, 5.41) is 54.7. The van der Waals surface area contributed by atoms with Crippen LogP contribution in [-0.2, 0) is 9.59 Å². The van der Waals surface area contributed by atoms with Gasteiger partial charge in [-0.1, -0.05) is 0 Å². The number of aliphatic hydroxyl groups excluding tert-OH is 5. The van der Waals surface area contributed by atoms with E-state index in [1.807, 2.05) is 0 Å². The lowest BCUT2D eigenvalue weighted by molar-refractivity contribution is -0.138. The van der Waals surface area contributed by atoms with Gasteiger partial charge in [0.25, 0.3) is 0 Å². The Morgan fingerprint density at radius 2 is 1.38 bits per heavy atom. The van der Waals surface area contributed by atoms with Crippen molar-refractivity contribution in [2.24, 2.45) is 5.73 Å². The number of carboxylic acid groups (broad SMARTS) is 1. The third-order valence-corrected chi connectivity index (χ3v) is 3.10. The summed E-state index contributed by atoms with van der Waals surface area (Å²) in [4.78, 5) is 21.9. The van der Waals surface area contributed by atoms with E-state index in [0.29, 0.717) is 0 Å². The monoisotopic (exact) mass is 309 g/mol. The molecule has 9 heteroatoms. The van der Waals surface area contributed by atoms with E-state index < -0.39 is 43.0 Å². The average molecular weight is 309 g/mol. The molecule has 0 heterocycles. The average Bonchev–Trinajstić information content (AvgIpc) is 2.47. The van der Waals surface area contributed by atoms with Crippen LogP contribution in [-0.4, -0.2) is 79.5 Å². The lowest BCUT2D eigenvalue weighted by Gasteiger charge is -2.25. The van der Waals surface area contributed by atoms with E-state index in [2.05, 4.69) is 0 Å². The maximum atomic E-state index is 11.5. The van der Waals surface area contributed by atoms with Crippen LogP contribution in [0.2, 0.25) is 0 Å². The van der Waals surface area contributed by atoms with Crippen LogP contribution in [0.1, 0.15) is 25.7 Å². The van der Waals surface area contributed by atoms with E-state index in [1.165, 1.54) is 0 Å². The maximum Gasteiger partial charge on any atom is 0.320 e. The van der Waals surface area contributed by atoms with Gasteiger partial charge in [-0.2, -0.15) is 0 Å². The number of carbonyl (C=O) groups excluding carboxylic acids is 1. The Bertz CT molecular complexity index is 337. The molecule has 124 valence electrons. The second-order valence-corrected chi connectivity index (χ2v) is 4.86. The quantitative estimate of drug-likeness (QED) is 0.209. The van der Waals surface area contributed by atoms with E-state index in [1.54, 1.807) is 0 Å². The molecule has 0 aromatic carbocycles. The SMILES string of the molecule is NC(CCC(=O)CC[C@H](O)[C@@H](O)[C@H](O)[C@H](O)CO)C(=O)O.